The number of fused-ring (bicyclic) bond motifs is 2. The van der Waals surface area contributed by atoms with Crippen LogP contribution < -0.4 is 5.32 Å². The molecule has 8 nitrogen and oxygen atoms in total. The van der Waals surface area contributed by atoms with Gasteiger partial charge in [-0.2, -0.15) is 0 Å². The Balaban J connectivity index is 1.49. The molecule has 0 spiro atoms. The van der Waals surface area contributed by atoms with Crippen molar-refractivity contribution in [3.63, 3.8) is 0 Å². The van der Waals surface area contributed by atoms with Crippen LogP contribution in [0.25, 0.3) is 11.0 Å². The minimum Gasteiger partial charge on any atom is -0.465 e. The number of nitrogens with zero attached hydrogens (tertiary/aromatic N) is 1. The van der Waals surface area contributed by atoms with Gasteiger partial charge in [0.25, 0.3) is 5.91 Å². The fourth-order valence-corrected chi connectivity index (χ4v) is 4.99. The maximum Gasteiger partial charge on any atom is 0.341 e. The van der Waals surface area contributed by atoms with Gasteiger partial charge in [-0.1, -0.05) is 6.42 Å². The fourth-order valence-electron chi connectivity index (χ4n) is 3.71. The van der Waals surface area contributed by atoms with Gasteiger partial charge < -0.3 is 19.8 Å². The summed E-state index contributed by atoms with van der Waals surface area (Å²) in [5, 5.41) is 3.22. The van der Waals surface area contributed by atoms with Crippen molar-refractivity contribution in [2.45, 2.75) is 45.1 Å². The van der Waals surface area contributed by atoms with E-state index in [4.69, 9.17) is 9.47 Å². The Hall–Kier alpha value is -3.20. The number of carbonyl (C=O) groups excluding carboxylic acids is 3. The van der Waals surface area contributed by atoms with Crippen LogP contribution in [0.3, 0.4) is 0 Å². The molecule has 31 heavy (non-hydrogen) atoms. The molecule has 162 valence electrons. The van der Waals surface area contributed by atoms with Crippen LogP contribution in [0.2, 0.25) is 0 Å². The topological polar surface area (TPSA) is 110 Å². The molecule has 2 N–H and O–H groups in total. The summed E-state index contributed by atoms with van der Waals surface area (Å²) in [5.41, 5.74) is 3.13. The van der Waals surface area contributed by atoms with Crippen LogP contribution in [0.15, 0.2) is 24.5 Å². The number of methoxy groups -OCH3 is 1. The Labute approximate surface area is 183 Å². The number of benzene rings is 1. The molecule has 1 aromatic carbocycles. The number of aryl methyl sites for hydroxylation is 1. The van der Waals surface area contributed by atoms with Crippen LogP contribution in [-0.4, -0.2) is 41.0 Å². The molecule has 0 saturated heterocycles. The Morgan fingerprint density at radius 2 is 1.97 bits per heavy atom. The van der Waals surface area contributed by atoms with Gasteiger partial charge in [0.1, 0.15) is 5.00 Å². The summed E-state index contributed by atoms with van der Waals surface area (Å²) in [7, 11) is 1.33. The summed E-state index contributed by atoms with van der Waals surface area (Å²) in [5.74, 6) is -1.58. The van der Waals surface area contributed by atoms with Crippen molar-refractivity contribution in [2.75, 3.05) is 12.4 Å². The molecule has 1 unspecified atom stereocenters. The van der Waals surface area contributed by atoms with Gasteiger partial charge in [0, 0.05) is 4.88 Å². The third-order valence-corrected chi connectivity index (χ3v) is 6.56. The first-order chi connectivity index (χ1) is 15.0. The number of aromatic amines is 1. The average molecular weight is 442 g/mol. The van der Waals surface area contributed by atoms with Crippen molar-refractivity contribution in [3.8, 4) is 0 Å². The van der Waals surface area contributed by atoms with E-state index in [9.17, 15) is 14.4 Å². The van der Waals surface area contributed by atoms with E-state index in [-0.39, 0.29) is 0 Å². The first kappa shape index (κ1) is 21.0. The number of nitrogens with one attached hydrogen (secondary N) is 2. The van der Waals surface area contributed by atoms with Crippen LogP contribution >= 0.6 is 11.3 Å². The lowest BCUT2D eigenvalue weighted by Crippen LogP contribution is -2.30. The zero-order valence-corrected chi connectivity index (χ0v) is 18.1. The molecule has 3 aromatic rings. The van der Waals surface area contributed by atoms with E-state index in [1.807, 2.05) is 0 Å². The monoisotopic (exact) mass is 441 g/mol. The minimum atomic E-state index is -1.04. The number of amides is 1. The second kappa shape index (κ2) is 8.89. The number of imidazole rings is 1. The fraction of sp³-hybridized carbons (Fsp3) is 0.364. The number of H-pyrrole nitrogens is 1. The van der Waals surface area contributed by atoms with Gasteiger partial charge in [-0.05, 0) is 56.4 Å². The Bertz CT molecular complexity index is 1150. The lowest BCUT2D eigenvalue weighted by Gasteiger charge is -2.14. The molecule has 1 atom stereocenters. The SMILES string of the molecule is COC(=O)c1c(NC(=O)C(C)OC(=O)c2ccc3nc[nH]c3c2)sc2c1CCCCC2. The molecular formula is C22H23N3O5S. The van der Waals surface area contributed by atoms with Crippen molar-refractivity contribution >= 4 is 45.2 Å². The van der Waals surface area contributed by atoms with Gasteiger partial charge in [0.05, 0.1) is 35.6 Å². The number of anilines is 1. The molecule has 2 heterocycles. The molecule has 1 aliphatic rings. The van der Waals surface area contributed by atoms with Crippen molar-refractivity contribution in [1.29, 1.82) is 0 Å². The quantitative estimate of drug-likeness (QED) is 0.459. The maximum absolute atomic E-state index is 12.7. The molecule has 0 radical (unpaired) electrons. The summed E-state index contributed by atoms with van der Waals surface area (Å²) < 4.78 is 10.3. The van der Waals surface area contributed by atoms with E-state index in [1.54, 1.807) is 18.2 Å². The van der Waals surface area contributed by atoms with Crippen molar-refractivity contribution < 1.29 is 23.9 Å². The van der Waals surface area contributed by atoms with Gasteiger partial charge >= 0.3 is 11.9 Å². The largest absolute Gasteiger partial charge is 0.465 e. The lowest BCUT2D eigenvalue weighted by atomic mass is 10.1. The van der Waals surface area contributed by atoms with E-state index in [2.05, 4.69) is 15.3 Å². The van der Waals surface area contributed by atoms with Crippen molar-refractivity contribution in [3.05, 3.63) is 46.1 Å². The highest BCUT2D eigenvalue weighted by atomic mass is 32.1. The Kier molecular flexibility index (Phi) is 6.03. The summed E-state index contributed by atoms with van der Waals surface area (Å²) in [6.07, 6.45) is 5.31. The zero-order valence-electron chi connectivity index (χ0n) is 17.3. The molecule has 1 amide bonds. The van der Waals surface area contributed by atoms with Crippen LogP contribution in [0, 0.1) is 0 Å². The first-order valence-electron chi connectivity index (χ1n) is 10.2. The van der Waals surface area contributed by atoms with Gasteiger partial charge in [0.2, 0.25) is 0 Å². The molecule has 0 fully saturated rings. The normalized spacial score (nSPS) is 14.4. The highest BCUT2D eigenvalue weighted by Gasteiger charge is 2.28. The van der Waals surface area contributed by atoms with Crippen LogP contribution in [0.4, 0.5) is 5.00 Å². The Morgan fingerprint density at radius 3 is 2.77 bits per heavy atom. The number of hydrogen-bond acceptors (Lipinski definition) is 7. The summed E-state index contributed by atoms with van der Waals surface area (Å²) in [4.78, 5) is 45.8. The third kappa shape index (κ3) is 4.32. The molecule has 9 heteroatoms. The van der Waals surface area contributed by atoms with Crippen LogP contribution in [0.1, 0.15) is 57.3 Å². The molecule has 1 aliphatic carbocycles. The number of thiophene rings is 1. The highest BCUT2D eigenvalue weighted by Crippen LogP contribution is 2.38. The van der Waals surface area contributed by atoms with E-state index < -0.39 is 23.9 Å². The smallest absolute Gasteiger partial charge is 0.341 e. The highest BCUT2D eigenvalue weighted by molar-refractivity contribution is 7.17. The molecule has 2 aromatic heterocycles. The summed E-state index contributed by atoms with van der Waals surface area (Å²) in [6.45, 7) is 1.50. The average Bonchev–Trinajstić information content (AvgIpc) is 3.30. The van der Waals surface area contributed by atoms with Gasteiger partial charge in [0.15, 0.2) is 6.10 Å². The molecule has 0 bridgehead atoms. The Morgan fingerprint density at radius 1 is 1.16 bits per heavy atom. The minimum absolute atomic E-state index is 0.314. The van der Waals surface area contributed by atoms with Crippen molar-refractivity contribution in [2.24, 2.45) is 0 Å². The van der Waals surface area contributed by atoms with E-state index in [1.165, 1.54) is 31.7 Å². The zero-order chi connectivity index (χ0) is 22.0. The number of hydrogen-bond donors (Lipinski definition) is 2. The summed E-state index contributed by atoms with van der Waals surface area (Å²) in [6, 6.07) is 4.93. The first-order valence-corrected chi connectivity index (χ1v) is 11.0. The predicted octanol–water partition coefficient (Wildman–Crippen LogP) is 3.86. The van der Waals surface area contributed by atoms with Gasteiger partial charge in [-0.25, -0.2) is 14.6 Å². The lowest BCUT2D eigenvalue weighted by molar-refractivity contribution is -0.123. The summed E-state index contributed by atoms with van der Waals surface area (Å²) >= 11 is 1.40. The van der Waals surface area contributed by atoms with Crippen LogP contribution in [-0.2, 0) is 27.1 Å². The third-order valence-electron chi connectivity index (χ3n) is 5.36. The molecule has 0 aliphatic heterocycles. The molecular weight excluding hydrogens is 418 g/mol. The van der Waals surface area contributed by atoms with Crippen molar-refractivity contribution in [1.82, 2.24) is 9.97 Å². The van der Waals surface area contributed by atoms with Gasteiger partial charge in [-0.15, -0.1) is 11.3 Å². The van der Waals surface area contributed by atoms with Crippen LogP contribution in [0.5, 0.6) is 0 Å². The van der Waals surface area contributed by atoms with Gasteiger partial charge in [-0.3, -0.25) is 4.79 Å². The predicted molar refractivity (Wildman–Crippen MR) is 117 cm³/mol. The maximum atomic E-state index is 12.7. The number of aromatic nitrogens is 2. The second-order valence-electron chi connectivity index (χ2n) is 7.43. The number of rotatable bonds is 5. The number of carbonyl (C=O) groups is 3. The number of ether oxygens (including phenoxy) is 2. The van der Waals surface area contributed by atoms with E-state index in [0.29, 0.717) is 21.6 Å². The standard InChI is InChI=1S/C22H23N3O5S/c1-12(30-21(27)13-8-9-15-16(10-13)24-11-23-15)19(26)25-20-18(22(28)29-2)14-6-4-3-5-7-17(14)31-20/h8-12H,3-7H2,1-2H3,(H,23,24)(H,25,26). The second-order valence-corrected chi connectivity index (χ2v) is 8.54. The molecule has 4 rings (SSSR count). The molecule has 0 saturated carbocycles. The number of esters is 2. The van der Waals surface area contributed by atoms with E-state index >= 15 is 0 Å². The van der Waals surface area contributed by atoms with E-state index in [0.717, 1.165) is 48.1 Å².